The van der Waals surface area contributed by atoms with E-state index in [-0.39, 0.29) is 17.9 Å². The minimum atomic E-state index is -1.15. The number of carbonyl (C=O) groups is 3. The number of methoxy groups -OCH3 is 1. The zero-order valence-corrected chi connectivity index (χ0v) is 14.4. The van der Waals surface area contributed by atoms with Crippen LogP contribution in [0.1, 0.15) is 41.5 Å². The number of carboxylic acid groups (broad SMARTS) is 1. The quantitative estimate of drug-likeness (QED) is 0.696. The molecule has 1 rings (SSSR count). The molecule has 1 atom stereocenters. The molecule has 2 amide bonds. The van der Waals surface area contributed by atoms with Crippen molar-refractivity contribution in [1.29, 1.82) is 0 Å². The fourth-order valence-corrected chi connectivity index (χ4v) is 1.78. The first-order valence-corrected chi connectivity index (χ1v) is 7.56. The Hall–Kier alpha value is -2.41. The topological polar surface area (TPSA) is 105 Å². The van der Waals surface area contributed by atoms with E-state index in [9.17, 15) is 14.4 Å². The first-order chi connectivity index (χ1) is 11.1. The summed E-state index contributed by atoms with van der Waals surface area (Å²) in [5.41, 5.74) is 0.774. The van der Waals surface area contributed by atoms with Gasteiger partial charge in [-0.15, -0.1) is 0 Å². The molecule has 0 fully saturated rings. The normalized spacial score (nSPS) is 12.3. The lowest BCUT2D eigenvalue weighted by Gasteiger charge is -2.18. The monoisotopic (exact) mass is 336 g/mol. The van der Waals surface area contributed by atoms with Crippen LogP contribution in [0.3, 0.4) is 0 Å². The third-order valence-corrected chi connectivity index (χ3v) is 3.20. The predicted octanol–water partition coefficient (Wildman–Crippen LogP) is 1.29. The molecule has 0 radical (unpaired) electrons. The molecule has 0 aromatic heterocycles. The van der Waals surface area contributed by atoms with Gasteiger partial charge in [-0.05, 0) is 29.7 Å². The van der Waals surface area contributed by atoms with Crippen LogP contribution >= 0.6 is 0 Å². The maximum Gasteiger partial charge on any atom is 0.334 e. The molecule has 1 aromatic rings. The van der Waals surface area contributed by atoms with Crippen molar-refractivity contribution in [3.05, 3.63) is 35.4 Å². The van der Waals surface area contributed by atoms with Crippen molar-refractivity contribution in [1.82, 2.24) is 10.6 Å². The lowest BCUT2D eigenvalue weighted by molar-refractivity contribution is -0.148. The summed E-state index contributed by atoms with van der Waals surface area (Å²) in [4.78, 5) is 34.8. The van der Waals surface area contributed by atoms with Gasteiger partial charge in [-0.25, -0.2) is 4.79 Å². The lowest BCUT2D eigenvalue weighted by Crippen LogP contribution is -2.37. The summed E-state index contributed by atoms with van der Waals surface area (Å²) < 4.78 is 4.74. The van der Waals surface area contributed by atoms with E-state index in [4.69, 9.17) is 9.84 Å². The summed E-state index contributed by atoms with van der Waals surface area (Å²) in [5.74, 6) is -1.79. The molecule has 1 unspecified atom stereocenters. The average molecular weight is 336 g/mol. The van der Waals surface area contributed by atoms with Crippen molar-refractivity contribution in [2.24, 2.45) is 5.41 Å². The second kappa shape index (κ2) is 8.44. The summed E-state index contributed by atoms with van der Waals surface area (Å²) in [6, 6.07) is 6.14. The van der Waals surface area contributed by atoms with Gasteiger partial charge >= 0.3 is 5.97 Å². The number of amides is 2. The number of hydrogen-bond acceptors (Lipinski definition) is 4. The van der Waals surface area contributed by atoms with Crippen LogP contribution in [0.15, 0.2) is 24.3 Å². The number of benzene rings is 1. The Kier molecular flexibility index (Phi) is 6.91. The molecular weight excluding hydrogens is 312 g/mol. The highest BCUT2D eigenvalue weighted by Gasteiger charge is 2.18. The molecule has 0 aliphatic rings. The third-order valence-electron chi connectivity index (χ3n) is 3.20. The molecule has 0 saturated heterocycles. The zero-order chi connectivity index (χ0) is 18.3. The highest BCUT2D eigenvalue weighted by Crippen LogP contribution is 2.11. The SMILES string of the molecule is COC(CNC(=O)c1ccc(C(=O)NCC(C)(C)C)cc1)C(=O)O. The molecule has 1 aromatic carbocycles. The summed E-state index contributed by atoms with van der Waals surface area (Å²) in [6.07, 6.45) is -1.10. The summed E-state index contributed by atoms with van der Waals surface area (Å²) in [6.45, 7) is 6.46. The minimum absolute atomic E-state index is 0.0164. The number of hydrogen-bond donors (Lipinski definition) is 3. The molecule has 0 spiro atoms. The first-order valence-electron chi connectivity index (χ1n) is 7.56. The van der Waals surface area contributed by atoms with Crippen molar-refractivity contribution >= 4 is 17.8 Å². The van der Waals surface area contributed by atoms with Crippen LogP contribution in [-0.2, 0) is 9.53 Å². The molecule has 24 heavy (non-hydrogen) atoms. The van der Waals surface area contributed by atoms with E-state index in [1.165, 1.54) is 19.2 Å². The fraction of sp³-hybridized carbons (Fsp3) is 0.471. The van der Waals surface area contributed by atoms with Gasteiger partial charge in [0.1, 0.15) is 0 Å². The van der Waals surface area contributed by atoms with Crippen LogP contribution in [0.25, 0.3) is 0 Å². The Morgan fingerprint density at radius 1 is 1.04 bits per heavy atom. The van der Waals surface area contributed by atoms with Crippen molar-refractivity contribution in [2.75, 3.05) is 20.2 Å². The molecule has 0 aliphatic heterocycles. The predicted molar refractivity (Wildman–Crippen MR) is 89.0 cm³/mol. The largest absolute Gasteiger partial charge is 0.479 e. The summed E-state index contributed by atoms with van der Waals surface area (Å²) in [7, 11) is 1.26. The van der Waals surface area contributed by atoms with E-state index >= 15 is 0 Å². The summed E-state index contributed by atoms with van der Waals surface area (Å²) >= 11 is 0. The molecule has 0 aliphatic carbocycles. The Labute approximate surface area is 141 Å². The van der Waals surface area contributed by atoms with Crippen molar-refractivity contribution < 1.29 is 24.2 Å². The number of aliphatic carboxylic acids is 1. The van der Waals surface area contributed by atoms with Gasteiger partial charge in [0, 0.05) is 24.8 Å². The molecule has 132 valence electrons. The fourth-order valence-electron chi connectivity index (χ4n) is 1.78. The highest BCUT2D eigenvalue weighted by atomic mass is 16.5. The van der Waals surface area contributed by atoms with Crippen LogP contribution in [-0.4, -0.2) is 49.2 Å². The van der Waals surface area contributed by atoms with Gasteiger partial charge in [0.2, 0.25) is 0 Å². The van der Waals surface area contributed by atoms with Crippen molar-refractivity contribution in [3.63, 3.8) is 0 Å². The van der Waals surface area contributed by atoms with Crippen LogP contribution in [0.2, 0.25) is 0 Å². The van der Waals surface area contributed by atoms with Crippen LogP contribution in [0.4, 0.5) is 0 Å². The molecule has 7 nitrogen and oxygen atoms in total. The number of carboxylic acids is 1. The third kappa shape index (κ3) is 6.37. The number of nitrogens with one attached hydrogen (secondary N) is 2. The molecule has 0 bridgehead atoms. The first kappa shape index (κ1) is 19.6. The smallest absolute Gasteiger partial charge is 0.334 e. The van der Waals surface area contributed by atoms with E-state index in [0.717, 1.165) is 0 Å². The van der Waals surface area contributed by atoms with Gasteiger partial charge in [0.25, 0.3) is 11.8 Å². The Bertz CT molecular complexity index is 590. The molecule has 7 heteroatoms. The minimum Gasteiger partial charge on any atom is -0.479 e. The zero-order valence-electron chi connectivity index (χ0n) is 14.4. The maximum absolute atomic E-state index is 12.0. The Morgan fingerprint density at radius 3 is 1.88 bits per heavy atom. The number of carbonyl (C=O) groups excluding carboxylic acids is 2. The van der Waals surface area contributed by atoms with Gasteiger partial charge in [0.05, 0.1) is 6.54 Å². The van der Waals surface area contributed by atoms with Gasteiger partial charge in [-0.1, -0.05) is 20.8 Å². The van der Waals surface area contributed by atoms with Crippen molar-refractivity contribution in [2.45, 2.75) is 26.9 Å². The van der Waals surface area contributed by atoms with E-state index in [1.807, 2.05) is 20.8 Å². The van der Waals surface area contributed by atoms with Gasteiger partial charge in [-0.2, -0.15) is 0 Å². The second-order valence-electron chi connectivity index (χ2n) is 6.59. The standard InChI is InChI=1S/C17H24N2O5/c1-17(2,3)10-19-15(21)12-7-5-11(6-8-12)14(20)18-9-13(24-4)16(22)23/h5-8,13H,9-10H2,1-4H3,(H,18,20)(H,19,21)(H,22,23). The average Bonchev–Trinajstić information content (AvgIpc) is 2.52. The molecular formula is C17H24N2O5. The van der Waals surface area contributed by atoms with Crippen LogP contribution < -0.4 is 10.6 Å². The van der Waals surface area contributed by atoms with Gasteiger partial charge in [-0.3, -0.25) is 9.59 Å². The van der Waals surface area contributed by atoms with E-state index in [2.05, 4.69) is 10.6 Å². The van der Waals surface area contributed by atoms with Gasteiger partial charge in [0.15, 0.2) is 6.10 Å². The van der Waals surface area contributed by atoms with Crippen LogP contribution in [0.5, 0.6) is 0 Å². The molecule has 0 heterocycles. The van der Waals surface area contributed by atoms with Gasteiger partial charge < -0.3 is 20.5 Å². The van der Waals surface area contributed by atoms with E-state index in [0.29, 0.717) is 17.7 Å². The Balaban J connectivity index is 2.62. The van der Waals surface area contributed by atoms with E-state index in [1.54, 1.807) is 12.1 Å². The lowest BCUT2D eigenvalue weighted by atomic mass is 9.97. The highest BCUT2D eigenvalue weighted by molar-refractivity contribution is 5.97. The Morgan fingerprint density at radius 2 is 1.50 bits per heavy atom. The number of ether oxygens (including phenoxy) is 1. The second-order valence-corrected chi connectivity index (χ2v) is 6.59. The van der Waals surface area contributed by atoms with E-state index < -0.39 is 18.0 Å². The molecule has 3 N–H and O–H groups in total. The maximum atomic E-state index is 12.0. The summed E-state index contributed by atoms with van der Waals surface area (Å²) in [5, 5.41) is 14.1. The number of rotatable bonds is 7. The molecule has 0 saturated carbocycles. The van der Waals surface area contributed by atoms with Crippen molar-refractivity contribution in [3.8, 4) is 0 Å². The van der Waals surface area contributed by atoms with Crippen LogP contribution in [0, 0.1) is 5.41 Å².